The molecule has 120 valence electrons. The minimum absolute atomic E-state index is 0.123. The van der Waals surface area contributed by atoms with Crippen LogP contribution in [0.25, 0.3) is 0 Å². The van der Waals surface area contributed by atoms with Gasteiger partial charge in [-0.1, -0.05) is 17.7 Å². The summed E-state index contributed by atoms with van der Waals surface area (Å²) in [4.78, 5) is 14.0. The largest absolute Gasteiger partial charge is 0.444 e. The zero-order chi connectivity index (χ0) is 16.0. The molecule has 0 aromatic heterocycles. The maximum absolute atomic E-state index is 12.2. The van der Waals surface area contributed by atoms with Gasteiger partial charge in [-0.2, -0.15) is 0 Å². The quantitative estimate of drug-likeness (QED) is 0.784. The second-order valence-corrected chi connectivity index (χ2v) is 7.73. The van der Waals surface area contributed by atoms with Gasteiger partial charge in [-0.05, 0) is 51.3 Å². The van der Waals surface area contributed by atoms with Crippen LogP contribution in [0.3, 0.4) is 0 Å². The van der Waals surface area contributed by atoms with Crippen molar-refractivity contribution in [3.63, 3.8) is 0 Å². The Hall–Kier alpha value is -1.42. The number of carbonyl (C=O) groups excluding carboxylic acids is 1. The summed E-state index contributed by atoms with van der Waals surface area (Å²) in [5, 5.41) is 4.22. The molecule has 4 nitrogen and oxygen atoms in total. The molecule has 2 aliphatic heterocycles. The van der Waals surface area contributed by atoms with E-state index in [2.05, 4.69) is 11.4 Å². The van der Waals surface area contributed by atoms with Crippen molar-refractivity contribution >= 4 is 23.4 Å². The Labute approximate surface area is 136 Å². The average Bonchev–Trinajstić information content (AvgIpc) is 2.76. The van der Waals surface area contributed by atoms with E-state index in [-0.39, 0.29) is 11.5 Å². The van der Waals surface area contributed by atoms with Gasteiger partial charge in [0, 0.05) is 35.8 Å². The molecule has 1 aromatic carbocycles. The van der Waals surface area contributed by atoms with Crippen LogP contribution >= 0.6 is 11.6 Å². The highest BCUT2D eigenvalue weighted by Gasteiger charge is 2.42. The third-order valence-corrected chi connectivity index (χ3v) is 4.78. The normalized spacial score (nSPS) is 19.7. The zero-order valence-corrected chi connectivity index (χ0v) is 14.2. The molecule has 0 unspecified atom stereocenters. The van der Waals surface area contributed by atoms with Gasteiger partial charge < -0.3 is 15.0 Å². The molecule has 0 saturated carbocycles. The highest BCUT2D eigenvalue weighted by atomic mass is 35.5. The first-order valence-corrected chi connectivity index (χ1v) is 8.19. The molecule has 3 rings (SSSR count). The van der Waals surface area contributed by atoms with Crippen LogP contribution in [0.4, 0.5) is 10.5 Å². The van der Waals surface area contributed by atoms with Gasteiger partial charge in [0.25, 0.3) is 0 Å². The van der Waals surface area contributed by atoms with Crippen molar-refractivity contribution in [1.82, 2.24) is 4.90 Å². The van der Waals surface area contributed by atoms with Gasteiger partial charge in [-0.3, -0.25) is 0 Å². The highest BCUT2D eigenvalue weighted by Crippen LogP contribution is 2.44. The summed E-state index contributed by atoms with van der Waals surface area (Å²) < 4.78 is 5.47. The van der Waals surface area contributed by atoms with Crippen LogP contribution in [0.2, 0.25) is 5.02 Å². The Morgan fingerprint density at radius 1 is 1.32 bits per heavy atom. The fourth-order valence-electron chi connectivity index (χ4n) is 3.37. The number of benzene rings is 1. The maximum Gasteiger partial charge on any atom is 0.410 e. The number of likely N-dealkylation sites (tertiary alicyclic amines) is 1. The monoisotopic (exact) mass is 322 g/mol. The van der Waals surface area contributed by atoms with Crippen molar-refractivity contribution in [3.05, 3.63) is 28.8 Å². The van der Waals surface area contributed by atoms with Gasteiger partial charge >= 0.3 is 6.09 Å². The van der Waals surface area contributed by atoms with Crippen molar-refractivity contribution in [2.75, 3.05) is 25.0 Å². The van der Waals surface area contributed by atoms with Gasteiger partial charge in [-0.15, -0.1) is 0 Å². The van der Waals surface area contributed by atoms with Crippen molar-refractivity contribution in [1.29, 1.82) is 0 Å². The van der Waals surface area contributed by atoms with Gasteiger partial charge in [0.05, 0.1) is 0 Å². The lowest BCUT2D eigenvalue weighted by Crippen LogP contribution is -2.47. The Bertz CT molecular complexity index is 587. The molecule has 0 atom stereocenters. The maximum atomic E-state index is 12.2. The van der Waals surface area contributed by atoms with E-state index in [1.807, 2.05) is 37.8 Å². The summed E-state index contributed by atoms with van der Waals surface area (Å²) in [6.45, 7) is 8.09. The number of amides is 1. The number of carbonyl (C=O) groups is 1. The Morgan fingerprint density at radius 3 is 2.64 bits per heavy atom. The average molecular weight is 323 g/mol. The van der Waals surface area contributed by atoms with Crippen LogP contribution in [-0.4, -0.2) is 36.2 Å². The zero-order valence-electron chi connectivity index (χ0n) is 13.4. The van der Waals surface area contributed by atoms with Crippen LogP contribution in [-0.2, 0) is 10.2 Å². The molecule has 1 amide bonds. The fourth-order valence-corrected chi connectivity index (χ4v) is 3.55. The molecule has 1 fully saturated rings. The summed E-state index contributed by atoms with van der Waals surface area (Å²) in [7, 11) is 0. The second-order valence-electron chi connectivity index (χ2n) is 7.29. The van der Waals surface area contributed by atoms with E-state index in [4.69, 9.17) is 16.3 Å². The Kier molecular flexibility index (Phi) is 3.76. The molecule has 1 N–H and O–H groups in total. The summed E-state index contributed by atoms with van der Waals surface area (Å²) >= 11 is 6.07. The van der Waals surface area contributed by atoms with Crippen LogP contribution in [0.15, 0.2) is 18.2 Å². The lowest BCUT2D eigenvalue weighted by atomic mass is 9.74. The van der Waals surface area contributed by atoms with Crippen LogP contribution in [0.5, 0.6) is 0 Å². The molecule has 1 saturated heterocycles. The molecule has 0 aliphatic carbocycles. The van der Waals surface area contributed by atoms with Crippen molar-refractivity contribution < 1.29 is 9.53 Å². The summed E-state index contributed by atoms with van der Waals surface area (Å²) in [6.07, 6.45) is 1.70. The lowest BCUT2D eigenvalue weighted by Gasteiger charge is -2.39. The highest BCUT2D eigenvalue weighted by molar-refractivity contribution is 6.30. The lowest BCUT2D eigenvalue weighted by molar-refractivity contribution is 0.0172. The number of nitrogens with one attached hydrogen (secondary N) is 1. The van der Waals surface area contributed by atoms with Gasteiger partial charge in [-0.25, -0.2) is 4.79 Å². The first-order chi connectivity index (χ1) is 10.3. The van der Waals surface area contributed by atoms with E-state index < -0.39 is 5.60 Å². The number of nitrogens with zero attached hydrogens (tertiary/aromatic N) is 1. The predicted molar refractivity (Wildman–Crippen MR) is 88.7 cm³/mol. The first-order valence-electron chi connectivity index (χ1n) is 7.81. The molecule has 22 heavy (non-hydrogen) atoms. The van der Waals surface area contributed by atoms with E-state index in [0.29, 0.717) is 0 Å². The third kappa shape index (κ3) is 2.89. The number of hydrogen-bond acceptors (Lipinski definition) is 3. The minimum atomic E-state index is -0.440. The Balaban J connectivity index is 1.69. The van der Waals surface area contributed by atoms with Gasteiger partial charge in [0.15, 0.2) is 0 Å². The van der Waals surface area contributed by atoms with Crippen LogP contribution < -0.4 is 5.32 Å². The van der Waals surface area contributed by atoms with Crippen molar-refractivity contribution in [3.8, 4) is 0 Å². The first kappa shape index (κ1) is 15.5. The number of fused-ring (bicyclic) bond motifs is 2. The number of halogens is 1. The number of piperidine rings is 1. The smallest absolute Gasteiger partial charge is 0.410 e. The number of rotatable bonds is 0. The van der Waals surface area contributed by atoms with Crippen LogP contribution in [0, 0.1) is 0 Å². The molecule has 2 heterocycles. The molecular formula is C17H23ClN2O2. The van der Waals surface area contributed by atoms with E-state index >= 15 is 0 Å². The summed E-state index contributed by atoms with van der Waals surface area (Å²) in [5.41, 5.74) is 2.15. The third-order valence-electron chi connectivity index (χ3n) is 4.54. The standard InChI is InChI=1S/C17H23ClN2O2/c1-16(2,3)22-15(21)20-8-6-17(7-9-20)11-19-14-10-12(18)4-5-13(14)17/h4-5,10,19H,6-9,11H2,1-3H3. The minimum Gasteiger partial charge on any atom is -0.444 e. The van der Waals surface area contributed by atoms with E-state index in [1.54, 1.807) is 0 Å². The van der Waals surface area contributed by atoms with E-state index in [0.717, 1.165) is 43.2 Å². The summed E-state index contributed by atoms with van der Waals surface area (Å²) in [6, 6.07) is 6.07. The SMILES string of the molecule is CC(C)(C)OC(=O)N1CCC2(CC1)CNc1cc(Cl)ccc12. The second kappa shape index (κ2) is 5.34. The van der Waals surface area contributed by atoms with E-state index in [9.17, 15) is 4.79 Å². The number of hydrogen-bond donors (Lipinski definition) is 1. The molecular weight excluding hydrogens is 300 g/mol. The molecule has 5 heteroatoms. The molecule has 2 aliphatic rings. The van der Waals surface area contributed by atoms with E-state index in [1.165, 1.54) is 5.56 Å². The number of ether oxygens (including phenoxy) is 1. The fraction of sp³-hybridized carbons (Fsp3) is 0.588. The summed E-state index contributed by atoms with van der Waals surface area (Å²) in [5.74, 6) is 0. The predicted octanol–water partition coefficient (Wildman–Crippen LogP) is 4.03. The van der Waals surface area contributed by atoms with Crippen LogP contribution in [0.1, 0.15) is 39.2 Å². The topological polar surface area (TPSA) is 41.6 Å². The van der Waals surface area contributed by atoms with Gasteiger partial charge in [0.1, 0.15) is 5.60 Å². The molecule has 1 spiro atoms. The molecule has 0 radical (unpaired) electrons. The molecule has 0 bridgehead atoms. The Morgan fingerprint density at radius 2 is 2.00 bits per heavy atom. The van der Waals surface area contributed by atoms with Gasteiger partial charge in [0.2, 0.25) is 0 Å². The molecule has 1 aromatic rings. The number of anilines is 1. The van der Waals surface area contributed by atoms with Crippen molar-refractivity contribution in [2.24, 2.45) is 0 Å². The van der Waals surface area contributed by atoms with Crippen molar-refractivity contribution in [2.45, 2.75) is 44.6 Å².